The molecule has 1 saturated heterocycles. The largest absolute Gasteiger partial charge is 0.496 e. The zero-order valence-corrected chi connectivity index (χ0v) is 11.5. The lowest BCUT2D eigenvalue weighted by molar-refractivity contribution is 0.370. The highest BCUT2D eigenvalue weighted by Crippen LogP contribution is 2.38. The van der Waals surface area contributed by atoms with E-state index in [0.29, 0.717) is 6.04 Å². The molecular weight excluding hydrogens is 234 g/mol. The fraction of sp³-hybridized carbons (Fsp3) is 0.571. The summed E-state index contributed by atoms with van der Waals surface area (Å²) < 4.78 is 5.57. The molecule has 1 aliphatic rings. The fourth-order valence-corrected chi connectivity index (χ4v) is 2.93. The Hall–Kier alpha value is -0.730. The minimum atomic E-state index is 0.385. The Labute approximate surface area is 108 Å². The van der Waals surface area contributed by atoms with Crippen molar-refractivity contribution in [2.75, 3.05) is 13.7 Å². The fourth-order valence-electron chi connectivity index (χ4n) is 2.66. The van der Waals surface area contributed by atoms with Crippen LogP contribution in [0.1, 0.15) is 42.0 Å². The second-order valence-electron chi connectivity index (χ2n) is 4.75. The van der Waals surface area contributed by atoms with Crippen molar-refractivity contribution in [1.29, 1.82) is 0 Å². The minimum absolute atomic E-state index is 0.385. The van der Waals surface area contributed by atoms with Crippen molar-refractivity contribution < 1.29 is 4.74 Å². The van der Waals surface area contributed by atoms with Crippen molar-refractivity contribution in [3.8, 4) is 5.75 Å². The number of benzene rings is 1. The Kier molecular flexibility index (Phi) is 3.95. The molecule has 0 saturated carbocycles. The molecule has 0 amide bonds. The molecule has 1 fully saturated rings. The third-order valence-corrected chi connectivity index (χ3v) is 3.96. The predicted octanol–water partition coefficient (Wildman–Crippen LogP) is 3.78. The molecule has 0 aliphatic carbocycles. The lowest BCUT2D eigenvalue weighted by atomic mass is 9.91. The van der Waals surface area contributed by atoms with Gasteiger partial charge in [0.2, 0.25) is 0 Å². The van der Waals surface area contributed by atoms with E-state index in [1.54, 1.807) is 7.11 Å². The van der Waals surface area contributed by atoms with Gasteiger partial charge in [-0.05, 0) is 50.4 Å². The first-order chi connectivity index (χ1) is 8.15. The van der Waals surface area contributed by atoms with Crippen LogP contribution in [-0.2, 0) is 0 Å². The smallest absolute Gasteiger partial charge is 0.126 e. The molecule has 0 radical (unpaired) electrons. The van der Waals surface area contributed by atoms with Crippen LogP contribution in [0.15, 0.2) is 6.07 Å². The Balaban J connectivity index is 2.48. The molecule has 1 aliphatic heterocycles. The quantitative estimate of drug-likeness (QED) is 0.866. The van der Waals surface area contributed by atoms with Crippen molar-refractivity contribution in [3.63, 3.8) is 0 Å². The average Bonchev–Trinajstić information content (AvgIpc) is 2.34. The summed E-state index contributed by atoms with van der Waals surface area (Å²) in [5.41, 5.74) is 3.51. The molecule has 0 spiro atoms. The highest BCUT2D eigenvalue weighted by atomic mass is 35.5. The average molecular weight is 254 g/mol. The zero-order chi connectivity index (χ0) is 12.4. The number of nitrogens with one attached hydrogen (secondary N) is 1. The first-order valence-corrected chi connectivity index (χ1v) is 6.60. The maximum absolute atomic E-state index is 6.28. The van der Waals surface area contributed by atoms with Crippen LogP contribution in [0, 0.1) is 13.8 Å². The first-order valence-electron chi connectivity index (χ1n) is 6.22. The molecule has 1 aromatic rings. The molecule has 1 N–H and O–H groups in total. The summed E-state index contributed by atoms with van der Waals surface area (Å²) in [5.74, 6) is 0.992. The van der Waals surface area contributed by atoms with Gasteiger partial charge in [0.15, 0.2) is 0 Å². The molecule has 1 heterocycles. The molecule has 17 heavy (non-hydrogen) atoms. The summed E-state index contributed by atoms with van der Waals surface area (Å²) in [6.45, 7) is 5.21. The summed E-state index contributed by atoms with van der Waals surface area (Å²) in [4.78, 5) is 0. The SMILES string of the molecule is COc1c(C)cc(Cl)c(C)c1C1CCCCN1. The van der Waals surface area contributed by atoms with Crippen LogP contribution in [0.4, 0.5) is 0 Å². The monoisotopic (exact) mass is 253 g/mol. The Morgan fingerprint density at radius 2 is 2.12 bits per heavy atom. The predicted molar refractivity (Wildman–Crippen MR) is 72.1 cm³/mol. The molecular formula is C14H20ClNO. The Morgan fingerprint density at radius 3 is 2.71 bits per heavy atom. The van der Waals surface area contributed by atoms with E-state index in [-0.39, 0.29) is 0 Å². The van der Waals surface area contributed by atoms with E-state index < -0.39 is 0 Å². The van der Waals surface area contributed by atoms with E-state index >= 15 is 0 Å². The standard InChI is InChI=1S/C14H20ClNO/c1-9-8-11(15)10(2)13(14(9)17-3)12-6-4-5-7-16-12/h8,12,16H,4-7H2,1-3H3. The van der Waals surface area contributed by atoms with Gasteiger partial charge in [-0.15, -0.1) is 0 Å². The van der Waals surface area contributed by atoms with Crippen LogP contribution in [0.3, 0.4) is 0 Å². The molecule has 1 aromatic carbocycles. The van der Waals surface area contributed by atoms with Crippen molar-refractivity contribution in [3.05, 3.63) is 27.8 Å². The highest BCUT2D eigenvalue weighted by Gasteiger charge is 2.23. The molecule has 0 bridgehead atoms. The van der Waals surface area contributed by atoms with Crippen LogP contribution in [0.25, 0.3) is 0 Å². The van der Waals surface area contributed by atoms with Gasteiger partial charge in [0, 0.05) is 16.6 Å². The van der Waals surface area contributed by atoms with E-state index in [1.165, 1.54) is 18.4 Å². The molecule has 2 rings (SSSR count). The highest BCUT2D eigenvalue weighted by molar-refractivity contribution is 6.31. The lowest BCUT2D eigenvalue weighted by Crippen LogP contribution is -2.28. The second-order valence-corrected chi connectivity index (χ2v) is 5.16. The van der Waals surface area contributed by atoms with Gasteiger partial charge in [0.1, 0.15) is 5.75 Å². The number of aryl methyl sites for hydroxylation is 1. The van der Waals surface area contributed by atoms with Gasteiger partial charge in [-0.2, -0.15) is 0 Å². The van der Waals surface area contributed by atoms with Crippen LogP contribution in [0.5, 0.6) is 5.75 Å². The maximum atomic E-state index is 6.28. The lowest BCUT2D eigenvalue weighted by Gasteiger charge is -2.28. The van der Waals surface area contributed by atoms with Gasteiger partial charge in [0.05, 0.1) is 7.11 Å². The summed E-state index contributed by atoms with van der Waals surface area (Å²) in [6, 6.07) is 2.37. The third-order valence-electron chi connectivity index (χ3n) is 3.57. The molecule has 94 valence electrons. The number of rotatable bonds is 2. The molecule has 1 unspecified atom stereocenters. The summed E-state index contributed by atoms with van der Waals surface area (Å²) in [5, 5.41) is 4.41. The number of hydrogen-bond donors (Lipinski definition) is 1. The van der Waals surface area contributed by atoms with Crippen molar-refractivity contribution in [2.24, 2.45) is 0 Å². The number of halogens is 1. The molecule has 0 aromatic heterocycles. The second kappa shape index (κ2) is 5.28. The first kappa shape index (κ1) is 12.7. The van der Waals surface area contributed by atoms with Gasteiger partial charge in [-0.3, -0.25) is 0 Å². The summed E-state index contributed by atoms with van der Waals surface area (Å²) >= 11 is 6.28. The normalized spacial score (nSPS) is 20.4. The number of ether oxygens (including phenoxy) is 1. The van der Waals surface area contributed by atoms with Gasteiger partial charge in [-0.1, -0.05) is 18.0 Å². The van der Waals surface area contributed by atoms with Gasteiger partial charge in [0.25, 0.3) is 0 Å². The third kappa shape index (κ3) is 2.43. The van der Waals surface area contributed by atoms with E-state index in [2.05, 4.69) is 19.2 Å². The van der Waals surface area contributed by atoms with E-state index in [0.717, 1.165) is 34.9 Å². The van der Waals surface area contributed by atoms with Crippen molar-refractivity contribution >= 4 is 11.6 Å². The number of hydrogen-bond acceptors (Lipinski definition) is 2. The van der Waals surface area contributed by atoms with E-state index in [1.807, 2.05) is 6.07 Å². The topological polar surface area (TPSA) is 21.3 Å². The summed E-state index contributed by atoms with van der Waals surface area (Å²) in [7, 11) is 1.74. The summed E-state index contributed by atoms with van der Waals surface area (Å²) in [6.07, 6.45) is 3.69. The van der Waals surface area contributed by atoms with E-state index in [4.69, 9.17) is 16.3 Å². The maximum Gasteiger partial charge on any atom is 0.126 e. The number of piperidine rings is 1. The van der Waals surface area contributed by atoms with E-state index in [9.17, 15) is 0 Å². The molecule has 2 nitrogen and oxygen atoms in total. The Morgan fingerprint density at radius 1 is 1.35 bits per heavy atom. The number of methoxy groups -OCH3 is 1. The molecule has 3 heteroatoms. The molecule has 1 atom stereocenters. The van der Waals surface area contributed by atoms with Gasteiger partial charge >= 0.3 is 0 Å². The van der Waals surface area contributed by atoms with Crippen molar-refractivity contribution in [1.82, 2.24) is 5.32 Å². The zero-order valence-electron chi connectivity index (χ0n) is 10.8. The van der Waals surface area contributed by atoms with Gasteiger partial charge < -0.3 is 10.1 Å². The minimum Gasteiger partial charge on any atom is -0.496 e. The van der Waals surface area contributed by atoms with Gasteiger partial charge in [-0.25, -0.2) is 0 Å². The van der Waals surface area contributed by atoms with Crippen LogP contribution < -0.4 is 10.1 Å². The van der Waals surface area contributed by atoms with Crippen LogP contribution >= 0.6 is 11.6 Å². The van der Waals surface area contributed by atoms with Crippen LogP contribution in [-0.4, -0.2) is 13.7 Å². The Bertz CT molecular complexity index is 411. The van der Waals surface area contributed by atoms with Crippen molar-refractivity contribution in [2.45, 2.75) is 39.2 Å². The van der Waals surface area contributed by atoms with Crippen LogP contribution in [0.2, 0.25) is 5.02 Å².